The van der Waals surface area contributed by atoms with Gasteiger partial charge >= 0.3 is 0 Å². The molecule has 3 heterocycles. The third-order valence-electron chi connectivity index (χ3n) is 4.71. The second kappa shape index (κ2) is 5.49. The minimum Gasteiger partial charge on any atom is -0.469 e. The van der Waals surface area contributed by atoms with Gasteiger partial charge in [0.1, 0.15) is 11.8 Å². The highest BCUT2D eigenvalue weighted by molar-refractivity contribution is 5.95. The van der Waals surface area contributed by atoms with Gasteiger partial charge in [0.05, 0.1) is 11.8 Å². The molecule has 1 amide bonds. The molecule has 0 aromatic carbocycles. The maximum atomic E-state index is 12.7. The van der Waals surface area contributed by atoms with Gasteiger partial charge in [0.15, 0.2) is 5.82 Å². The second-order valence-corrected chi connectivity index (χ2v) is 6.40. The summed E-state index contributed by atoms with van der Waals surface area (Å²) in [6.45, 7) is 3.81. The van der Waals surface area contributed by atoms with Crippen molar-refractivity contribution in [2.45, 2.75) is 31.7 Å². The molecule has 1 saturated carbocycles. The van der Waals surface area contributed by atoms with E-state index >= 15 is 0 Å². The quantitative estimate of drug-likeness (QED) is 0.862. The summed E-state index contributed by atoms with van der Waals surface area (Å²) in [5.74, 6) is 2.53. The Balaban J connectivity index is 1.53. The van der Waals surface area contributed by atoms with Crippen molar-refractivity contribution >= 4 is 5.91 Å². The summed E-state index contributed by atoms with van der Waals surface area (Å²) in [4.78, 5) is 21.2. The number of nitrogens with zero attached hydrogens (tertiary/aromatic N) is 4. The van der Waals surface area contributed by atoms with Gasteiger partial charge in [-0.3, -0.25) is 9.69 Å². The zero-order chi connectivity index (χ0) is 16.0. The van der Waals surface area contributed by atoms with E-state index in [1.54, 1.807) is 19.3 Å². The zero-order valence-electron chi connectivity index (χ0n) is 13.4. The first-order valence-corrected chi connectivity index (χ1v) is 8.00. The molecule has 122 valence electrons. The van der Waals surface area contributed by atoms with Crippen LogP contribution in [0.2, 0.25) is 0 Å². The highest BCUT2D eigenvalue weighted by atomic mass is 16.5. The Labute approximate surface area is 134 Å². The smallest absolute Gasteiger partial charge is 0.257 e. The van der Waals surface area contributed by atoms with Crippen molar-refractivity contribution in [1.82, 2.24) is 19.9 Å². The molecule has 2 fully saturated rings. The molecule has 23 heavy (non-hydrogen) atoms. The van der Waals surface area contributed by atoms with Crippen molar-refractivity contribution in [3.8, 4) is 0 Å². The molecule has 1 aliphatic heterocycles. The van der Waals surface area contributed by atoms with E-state index in [9.17, 15) is 4.79 Å². The normalized spacial score (nSPS) is 22.5. The summed E-state index contributed by atoms with van der Waals surface area (Å²) in [5, 5.41) is 4.09. The largest absolute Gasteiger partial charge is 0.469 e. The minimum atomic E-state index is -0.0556. The number of piperazine rings is 1. The lowest BCUT2D eigenvalue weighted by Crippen LogP contribution is -2.49. The fourth-order valence-corrected chi connectivity index (χ4v) is 2.99. The predicted octanol–water partition coefficient (Wildman–Crippen LogP) is 1.98. The average molecular weight is 316 g/mol. The number of hydrogen-bond acceptors (Lipinski definition) is 6. The first-order valence-electron chi connectivity index (χ1n) is 8.00. The van der Waals surface area contributed by atoms with Crippen LogP contribution >= 0.6 is 0 Å². The Morgan fingerprint density at radius 1 is 1.35 bits per heavy atom. The molecule has 0 spiro atoms. The molecule has 1 saturated heterocycles. The van der Waals surface area contributed by atoms with Crippen LogP contribution in [0.25, 0.3) is 0 Å². The monoisotopic (exact) mass is 316 g/mol. The molecule has 0 bridgehead atoms. The number of likely N-dealkylation sites (N-methyl/N-ethyl adjacent to an activating group) is 1. The summed E-state index contributed by atoms with van der Waals surface area (Å²) in [6, 6.07) is 1.67. The number of aromatic nitrogens is 2. The second-order valence-electron chi connectivity index (χ2n) is 6.40. The third kappa shape index (κ3) is 2.65. The summed E-state index contributed by atoms with van der Waals surface area (Å²) in [6.07, 6.45) is 3.84. The van der Waals surface area contributed by atoms with Crippen molar-refractivity contribution < 1.29 is 13.7 Å². The summed E-state index contributed by atoms with van der Waals surface area (Å²) < 4.78 is 10.7. The highest BCUT2D eigenvalue weighted by Crippen LogP contribution is 2.38. The third-order valence-corrected chi connectivity index (χ3v) is 4.71. The van der Waals surface area contributed by atoms with E-state index in [1.165, 1.54) is 0 Å². The Morgan fingerprint density at radius 2 is 2.17 bits per heavy atom. The number of rotatable bonds is 3. The van der Waals surface area contributed by atoms with Crippen LogP contribution in [0.3, 0.4) is 0 Å². The van der Waals surface area contributed by atoms with E-state index in [2.05, 4.69) is 15.0 Å². The van der Waals surface area contributed by atoms with Crippen LogP contribution in [-0.4, -0.2) is 52.5 Å². The molecule has 2 aliphatic rings. The summed E-state index contributed by atoms with van der Waals surface area (Å²) in [5.41, 5.74) is 0.623. The van der Waals surface area contributed by atoms with Crippen molar-refractivity contribution in [3.05, 3.63) is 35.4 Å². The molecule has 2 aromatic rings. The van der Waals surface area contributed by atoms with Crippen LogP contribution in [0, 0.1) is 6.92 Å². The average Bonchev–Trinajstić information content (AvgIpc) is 3.12. The SMILES string of the molecule is Cc1occc1C(=O)N1CCN(C)C(c2nc(C3CC3)no2)C1. The van der Waals surface area contributed by atoms with Gasteiger partial charge in [-0.1, -0.05) is 5.16 Å². The van der Waals surface area contributed by atoms with Crippen LogP contribution < -0.4 is 0 Å². The van der Waals surface area contributed by atoms with Gasteiger partial charge in [-0.05, 0) is 32.9 Å². The van der Waals surface area contributed by atoms with Gasteiger partial charge in [0.25, 0.3) is 5.91 Å². The molecule has 7 heteroatoms. The van der Waals surface area contributed by atoms with Crippen molar-refractivity contribution in [2.75, 3.05) is 26.7 Å². The molecule has 1 aliphatic carbocycles. The van der Waals surface area contributed by atoms with Gasteiger partial charge in [-0.15, -0.1) is 0 Å². The molecule has 2 aromatic heterocycles. The minimum absolute atomic E-state index is 0.00344. The standard InChI is InChI=1S/C16H20N4O3/c1-10-12(5-8-22-10)16(21)20-7-6-19(2)13(9-20)15-17-14(18-23-15)11-3-4-11/h5,8,11,13H,3-4,6-7,9H2,1-2H3. The Kier molecular flexibility index (Phi) is 3.45. The van der Waals surface area contributed by atoms with Crippen LogP contribution in [0.4, 0.5) is 0 Å². The molecular weight excluding hydrogens is 296 g/mol. The first-order chi connectivity index (χ1) is 11.1. The number of furan rings is 1. The van der Waals surface area contributed by atoms with Crippen LogP contribution in [0.1, 0.15) is 52.6 Å². The van der Waals surface area contributed by atoms with Gasteiger partial charge < -0.3 is 13.8 Å². The van der Waals surface area contributed by atoms with Crippen molar-refractivity contribution in [3.63, 3.8) is 0 Å². The fraction of sp³-hybridized carbons (Fsp3) is 0.562. The number of amides is 1. The molecule has 7 nitrogen and oxygen atoms in total. The highest BCUT2D eigenvalue weighted by Gasteiger charge is 2.35. The molecule has 0 N–H and O–H groups in total. The van der Waals surface area contributed by atoms with Crippen molar-refractivity contribution in [2.24, 2.45) is 0 Å². The maximum absolute atomic E-state index is 12.7. The topological polar surface area (TPSA) is 75.6 Å². The lowest BCUT2D eigenvalue weighted by atomic mass is 10.1. The van der Waals surface area contributed by atoms with E-state index in [0.717, 1.165) is 25.2 Å². The predicted molar refractivity (Wildman–Crippen MR) is 81.0 cm³/mol. The Hall–Kier alpha value is -2.15. The lowest BCUT2D eigenvalue weighted by Gasteiger charge is -2.37. The van der Waals surface area contributed by atoms with Gasteiger partial charge in [-0.25, -0.2) is 0 Å². The lowest BCUT2D eigenvalue weighted by molar-refractivity contribution is 0.0487. The van der Waals surface area contributed by atoms with E-state index < -0.39 is 0 Å². The van der Waals surface area contributed by atoms with Gasteiger partial charge in [0, 0.05) is 25.6 Å². The first kappa shape index (κ1) is 14.4. The molecule has 1 atom stereocenters. The molecular formula is C16H20N4O3. The van der Waals surface area contributed by atoms with E-state index in [4.69, 9.17) is 8.94 Å². The number of hydrogen-bond donors (Lipinski definition) is 0. The number of carbonyl (C=O) groups is 1. The van der Waals surface area contributed by atoms with Gasteiger partial charge in [-0.2, -0.15) is 4.98 Å². The number of aryl methyl sites for hydroxylation is 1. The van der Waals surface area contributed by atoms with E-state index in [-0.39, 0.29) is 11.9 Å². The zero-order valence-corrected chi connectivity index (χ0v) is 13.4. The fourth-order valence-electron chi connectivity index (χ4n) is 2.99. The Bertz CT molecular complexity index is 718. The van der Waals surface area contributed by atoms with Crippen LogP contribution in [-0.2, 0) is 0 Å². The molecule has 0 radical (unpaired) electrons. The van der Waals surface area contributed by atoms with Crippen LogP contribution in [0.15, 0.2) is 21.3 Å². The summed E-state index contributed by atoms with van der Waals surface area (Å²) in [7, 11) is 2.02. The molecule has 4 rings (SSSR count). The summed E-state index contributed by atoms with van der Waals surface area (Å²) >= 11 is 0. The Morgan fingerprint density at radius 3 is 2.87 bits per heavy atom. The van der Waals surface area contributed by atoms with E-state index in [0.29, 0.717) is 36.2 Å². The van der Waals surface area contributed by atoms with Gasteiger partial charge in [0.2, 0.25) is 5.89 Å². The molecule has 1 unspecified atom stereocenters. The number of carbonyl (C=O) groups excluding carboxylic acids is 1. The van der Waals surface area contributed by atoms with E-state index in [1.807, 2.05) is 11.9 Å². The maximum Gasteiger partial charge on any atom is 0.257 e. The van der Waals surface area contributed by atoms with Crippen molar-refractivity contribution in [1.29, 1.82) is 0 Å². The van der Waals surface area contributed by atoms with Crippen LogP contribution in [0.5, 0.6) is 0 Å².